The number of carbonyl (C=O) groups excluding carboxylic acids is 1. The second-order valence-electron chi connectivity index (χ2n) is 5.96. The first-order valence-electron chi connectivity index (χ1n) is 7.40. The predicted molar refractivity (Wildman–Crippen MR) is 87.9 cm³/mol. The maximum atomic E-state index is 12.0. The molecule has 0 saturated carbocycles. The molecule has 1 unspecified atom stereocenters. The molecule has 1 heterocycles. The highest BCUT2D eigenvalue weighted by Crippen LogP contribution is 2.12. The fraction of sp³-hybridized carbons (Fsp3) is 0.412. The van der Waals surface area contributed by atoms with Gasteiger partial charge in [0.15, 0.2) is 0 Å². The first-order chi connectivity index (χ1) is 10.4. The number of carbonyl (C=O) groups is 1. The van der Waals surface area contributed by atoms with E-state index in [0.29, 0.717) is 6.54 Å². The van der Waals surface area contributed by atoms with Gasteiger partial charge in [0, 0.05) is 32.4 Å². The SMILES string of the molecule is Cc1cccc(-n2cc(CN(C)C(C)C(=O)N(C)C)cn2)c1. The van der Waals surface area contributed by atoms with Gasteiger partial charge >= 0.3 is 0 Å². The highest BCUT2D eigenvalue weighted by Gasteiger charge is 2.20. The van der Waals surface area contributed by atoms with Crippen molar-refractivity contribution in [1.82, 2.24) is 19.6 Å². The Balaban J connectivity index is 2.07. The molecule has 0 aliphatic carbocycles. The molecule has 0 fully saturated rings. The summed E-state index contributed by atoms with van der Waals surface area (Å²) in [7, 11) is 5.51. The van der Waals surface area contributed by atoms with Crippen molar-refractivity contribution in [3.8, 4) is 5.69 Å². The van der Waals surface area contributed by atoms with Crippen LogP contribution in [0.5, 0.6) is 0 Å². The zero-order valence-electron chi connectivity index (χ0n) is 13.9. The largest absolute Gasteiger partial charge is 0.347 e. The number of benzene rings is 1. The van der Waals surface area contributed by atoms with Crippen LogP contribution < -0.4 is 0 Å². The molecule has 1 amide bonds. The molecule has 0 saturated heterocycles. The van der Waals surface area contributed by atoms with Gasteiger partial charge < -0.3 is 4.90 Å². The lowest BCUT2D eigenvalue weighted by Gasteiger charge is -2.25. The molecule has 2 rings (SSSR count). The van der Waals surface area contributed by atoms with Crippen LogP contribution in [-0.2, 0) is 11.3 Å². The Morgan fingerprint density at radius 2 is 2.05 bits per heavy atom. The van der Waals surface area contributed by atoms with Crippen LogP contribution in [0.3, 0.4) is 0 Å². The van der Waals surface area contributed by atoms with Gasteiger partial charge in [-0.25, -0.2) is 4.68 Å². The zero-order chi connectivity index (χ0) is 16.3. The molecule has 2 aromatic rings. The number of aromatic nitrogens is 2. The Labute approximate surface area is 132 Å². The molecule has 1 atom stereocenters. The van der Waals surface area contributed by atoms with Crippen LogP contribution in [0.25, 0.3) is 5.69 Å². The van der Waals surface area contributed by atoms with Crippen molar-refractivity contribution >= 4 is 5.91 Å². The summed E-state index contributed by atoms with van der Waals surface area (Å²) in [5, 5.41) is 4.41. The number of likely N-dealkylation sites (N-methyl/N-ethyl adjacent to an activating group) is 2. The van der Waals surface area contributed by atoms with Crippen molar-refractivity contribution in [3.63, 3.8) is 0 Å². The topological polar surface area (TPSA) is 41.4 Å². The lowest BCUT2D eigenvalue weighted by Crippen LogP contribution is -2.42. The van der Waals surface area contributed by atoms with Crippen LogP contribution in [0, 0.1) is 6.92 Å². The molecule has 118 valence electrons. The van der Waals surface area contributed by atoms with Crippen molar-refractivity contribution in [2.45, 2.75) is 26.4 Å². The lowest BCUT2D eigenvalue weighted by molar-refractivity contribution is -0.133. The van der Waals surface area contributed by atoms with E-state index in [0.717, 1.165) is 11.3 Å². The third-order valence-corrected chi connectivity index (χ3v) is 3.79. The Morgan fingerprint density at radius 1 is 1.32 bits per heavy atom. The molecule has 0 aliphatic heterocycles. The first-order valence-corrected chi connectivity index (χ1v) is 7.40. The standard InChI is InChI=1S/C17H24N4O/c1-13-7-6-8-16(9-13)21-12-15(10-18-21)11-20(5)14(2)17(22)19(3)4/h6-10,12,14H,11H2,1-5H3. The normalized spacial score (nSPS) is 12.5. The van der Waals surface area contributed by atoms with Crippen LogP contribution in [0.1, 0.15) is 18.1 Å². The quantitative estimate of drug-likeness (QED) is 0.849. The smallest absolute Gasteiger partial charge is 0.239 e. The van der Waals surface area contributed by atoms with Gasteiger partial charge in [-0.15, -0.1) is 0 Å². The Kier molecular flexibility index (Phi) is 4.98. The van der Waals surface area contributed by atoms with E-state index in [1.54, 1.807) is 19.0 Å². The summed E-state index contributed by atoms with van der Waals surface area (Å²) in [4.78, 5) is 15.7. The Morgan fingerprint density at radius 3 is 2.68 bits per heavy atom. The molecular weight excluding hydrogens is 276 g/mol. The average Bonchev–Trinajstić information content (AvgIpc) is 2.94. The minimum absolute atomic E-state index is 0.105. The van der Waals surface area contributed by atoms with Crippen molar-refractivity contribution in [1.29, 1.82) is 0 Å². The molecule has 0 radical (unpaired) electrons. The van der Waals surface area contributed by atoms with Crippen LogP contribution in [0.4, 0.5) is 0 Å². The maximum absolute atomic E-state index is 12.0. The monoisotopic (exact) mass is 300 g/mol. The summed E-state index contributed by atoms with van der Waals surface area (Å²) in [5.74, 6) is 0.105. The minimum Gasteiger partial charge on any atom is -0.347 e. The molecule has 1 aromatic carbocycles. The third kappa shape index (κ3) is 3.74. The Hall–Kier alpha value is -2.14. The fourth-order valence-corrected chi connectivity index (χ4v) is 2.34. The summed E-state index contributed by atoms with van der Waals surface area (Å²) in [5.41, 5.74) is 3.34. The fourth-order valence-electron chi connectivity index (χ4n) is 2.34. The van der Waals surface area contributed by atoms with Gasteiger partial charge in [0.1, 0.15) is 0 Å². The number of hydrogen-bond donors (Lipinski definition) is 0. The van der Waals surface area contributed by atoms with E-state index in [-0.39, 0.29) is 11.9 Å². The van der Waals surface area contributed by atoms with Gasteiger partial charge in [-0.3, -0.25) is 9.69 Å². The molecule has 0 bridgehead atoms. The zero-order valence-corrected chi connectivity index (χ0v) is 13.9. The number of nitrogens with zero attached hydrogens (tertiary/aromatic N) is 4. The summed E-state index contributed by atoms with van der Waals surface area (Å²) < 4.78 is 1.87. The van der Waals surface area contributed by atoms with Crippen molar-refractivity contribution < 1.29 is 4.79 Å². The van der Waals surface area contributed by atoms with Gasteiger partial charge in [0.25, 0.3) is 0 Å². The van der Waals surface area contributed by atoms with Gasteiger partial charge in [-0.05, 0) is 38.6 Å². The summed E-state index contributed by atoms with van der Waals surface area (Å²) >= 11 is 0. The van der Waals surface area contributed by atoms with E-state index in [9.17, 15) is 4.79 Å². The number of rotatable bonds is 5. The maximum Gasteiger partial charge on any atom is 0.239 e. The molecule has 1 aromatic heterocycles. The highest BCUT2D eigenvalue weighted by atomic mass is 16.2. The summed E-state index contributed by atoms with van der Waals surface area (Å²) in [6.07, 6.45) is 3.86. The minimum atomic E-state index is -0.155. The first kappa shape index (κ1) is 16.2. The van der Waals surface area contributed by atoms with Crippen LogP contribution in [-0.4, -0.2) is 52.7 Å². The van der Waals surface area contributed by atoms with Gasteiger partial charge in [-0.2, -0.15) is 5.10 Å². The molecule has 0 aliphatic rings. The van der Waals surface area contributed by atoms with E-state index < -0.39 is 0 Å². The molecule has 0 N–H and O–H groups in total. The van der Waals surface area contributed by atoms with Crippen molar-refractivity contribution in [2.75, 3.05) is 21.1 Å². The number of amides is 1. The van der Waals surface area contributed by atoms with Crippen LogP contribution in [0.15, 0.2) is 36.7 Å². The van der Waals surface area contributed by atoms with Gasteiger partial charge in [0.05, 0.1) is 17.9 Å². The summed E-state index contributed by atoms with van der Waals surface area (Å²) in [6, 6.07) is 8.06. The average molecular weight is 300 g/mol. The van der Waals surface area contributed by atoms with E-state index >= 15 is 0 Å². The lowest BCUT2D eigenvalue weighted by atomic mass is 10.2. The summed E-state index contributed by atoms with van der Waals surface area (Å²) in [6.45, 7) is 4.68. The van der Waals surface area contributed by atoms with E-state index in [1.807, 2.05) is 48.1 Å². The van der Waals surface area contributed by atoms with Crippen LogP contribution in [0.2, 0.25) is 0 Å². The van der Waals surface area contributed by atoms with Gasteiger partial charge in [0.2, 0.25) is 5.91 Å². The van der Waals surface area contributed by atoms with Crippen molar-refractivity contribution in [3.05, 3.63) is 47.8 Å². The predicted octanol–water partition coefficient (Wildman–Crippen LogP) is 2.09. The Bertz CT molecular complexity index is 648. The third-order valence-electron chi connectivity index (χ3n) is 3.79. The van der Waals surface area contributed by atoms with E-state index in [2.05, 4.69) is 24.2 Å². The highest BCUT2D eigenvalue weighted by molar-refractivity contribution is 5.80. The second-order valence-corrected chi connectivity index (χ2v) is 5.96. The molecule has 5 heteroatoms. The molecule has 0 spiro atoms. The van der Waals surface area contributed by atoms with Crippen molar-refractivity contribution in [2.24, 2.45) is 0 Å². The number of hydrogen-bond acceptors (Lipinski definition) is 3. The van der Waals surface area contributed by atoms with E-state index in [1.165, 1.54) is 5.56 Å². The van der Waals surface area contributed by atoms with E-state index in [4.69, 9.17) is 0 Å². The van der Waals surface area contributed by atoms with Crippen LogP contribution >= 0.6 is 0 Å². The molecular formula is C17H24N4O. The van der Waals surface area contributed by atoms with Gasteiger partial charge in [-0.1, -0.05) is 12.1 Å². The molecule has 22 heavy (non-hydrogen) atoms. The number of aryl methyl sites for hydroxylation is 1. The second kappa shape index (κ2) is 6.75. The molecule has 5 nitrogen and oxygen atoms in total.